The lowest BCUT2D eigenvalue weighted by Crippen LogP contribution is -2.20. The summed E-state index contributed by atoms with van der Waals surface area (Å²) in [4.78, 5) is 0. The van der Waals surface area contributed by atoms with Crippen LogP contribution >= 0.6 is 0 Å². The molecule has 0 unspecified atom stereocenters. The van der Waals surface area contributed by atoms with E-state index in [-0.39, 0.29) is 0 Å². The van der Waals surface area contributed by atoms with Gasteiger partial charge in [0.2, 0.25) is 0 Å². The molecule has 0 aromatic rings. The number of ether oxygens (including phenoxy) is 1. The van der Waals surface area contributed by atoms with Gasteiger partial charge in [0, 0.05) is 0 Å². The minimum atomic E-state index is 0.731. The average molecular weight is 223 g/mol. The van der Waals surface area contributed by atoms with E-state index >= 15 is 0 Å². The molecule has 0 saturated heterocycles. The highest BCUT2D eigenvalue weighted by atomic mass is 16.5. The first-order valence-electron chi connectivity index (χ1n) is 6.41. The van der Waals surface area contributed by atoms with Gasteiger partial charge < -0.3 is 10.1 Å². The summed E-state index contributed by atoms with van der Waals surface area (Å²) in [6, 6.07) is 0. The summed E-state index contributed by atoms with van der Waals surface area (Å²) in [6.07, 6.45) is 7.87. The van der Waals surface area contributed by atoms with Crippen molar-refractivity contribution in [3.05, 3.63) is 23.5 Å². The van der Waals surface area contributed by atoms with Gasteiger partial charge in [-0.15, -0.1) is 0 Å². The van der Waals surface area contributed by atoms with E-state index in [9.17, 15) is 0 Å². The van der Waals surface area contributed by atoms with E-state index in [0.29, 0.717) is 0 Å². The Morgan fingerprint density at radius 1 is 1.56 bits per heavy atom. The molecule has 0 radical (unpaired) electrons. The second-order valence-corrected chi connectivity index (χ2v) is 4.83. The van der Waals surface area contributed by atoms with Crippen LogP contribution in [-0.2, 0) is 4.74 Å². The smallest absolute Gasteiger partial charge is 0.117 e. The van der Waals surface area contributed by atoms with Crippen molar-refractivity contribution in [3.63, 3.8) is 0 Å². The van der Waals surface area contributed by atoms with Gasteiger partial charge in [-0.3, -0.25) is 0 Å². The fourth-order valence-electron chi connectivity index (χ4n) is 1.71. The number of nitrogens with one attached hydrogen (secondary N) is 1. The topological polar surface area (TPSA) is 21.3 Å². The molecule has 2 nitrogen and oxygen atoms in total. The van der Waals surface area contributed by atoms with Crippen molar-refractivity contribution in [3.8, 4) is 0 Å². The van der Waals surface area contributed by atoms with E-state index in [0.717, 1.165) is 50.6 Å². The molecule has 1 heterocycles. The monoisotopic (exact) mass is 223 g/mol. The summed E-state index contributed by atoms with van der Waals surface area (Å²) in [6.45, 7) is 9.64. The Hall–Kier alpha value is -0.760. The summed E-state index contributed by atoms with van der Waals surface area (Å²) in [5, 5.41) is 3.44. The zero-order valence-corrected chi connectivity index (χ0v) is 10.9. The highest BCUT2D eigenvalue weighted by Gasteiger charge is 2.05. The average Bonchev–Trinajstić information content (AvgIpc) is 2.29. The van der Waals surface area contributed by atoms with Crippen molar-refractivity contribution in [2.24, 2.45) is 5.92 Å². The largest absolute Gasteiger partial charge is 0.494 e. The van der Waals surface area contributed by atoms with Crippen LogP contribution in [0.2, 0.25) is 0 Å². The zero-order valence-electron chi connectivity index (χ0n) is 10.9. The summed E-state index contributed by atoms with van der Waals surface area (Å²) in [7, 11) is 0. The third-order valence-corrected chi connectivity index (χ3v) is 2.65. The van der Waals surface area contributed by atoms with Crippen LogP contribution in [-0.4, -0.2) is 19.7 Å². The Labute approximate surface area is 99.8 Å². The molecule has 0 aliphatic carbocycles. The Morgan fingerprint density at radius 3 is 3.00 bits per heavy atom. The quantitative estimate of drug-likeness (QED) is 0.698. The van der Waals surface area contributed by atoms with Gasteiger partial charge in [-0.1, -0.05) is 19.9 Å². The molecule has 0 amide bonds. The van der Waals surface area contributed by atoms with Crippen LogP contribution in [0.5, 0.6) is 0 Å². The lowest BCUT2D eigenvalue weighted by atomic mass is 10.1. The second kappa shape index (κ2) is 7.50. The lowest BCUT2D eigenvalue weighted by Gasteiger charge is -2.15. The molecule has 92 valence electrons. The molecule has 2 heteroatoms. The highest BCUT2D eigenvalue weighted by Crippen LogP contribution is 2.17. The molecule has 0 aromatic carbocycles. The zero-order chi connectivity index (χ0) is 11.8. The van der Waals surface area contributed by atoms with E-state index < -0.39 is 0 Å². The molecule has 1 aliphatic heterocycles. The fraction of sp³-hybridized carbons (Fsp3) is 0.714. The molecule has 1 rings (SSSR count). The predicted octanol–water partition coefficient (Wildman–Crippen LogP) is 3.26. The standard InChI is InChI=1S/C14H25NO/c1-12(2)11-15-9-6-7-13(3)14-8-4-5-10-16-14/h7-8,12,15H,4-6,9-11H2,1-3H3/b13-7-. The molecular formula is C14H25NO. The van der Waals surface area contributed by atoms with Crippen molar-refractivity contribution >= 4 is 0 Å². The first-order valence-corrected chi connectivity index (χ1v) is 6.41. The van der Waals surface area contributed by atoms with E-state index in [1.165, 1.54) is 5.57 Å². The summed E-state index contributed by atoms with van der Waals surface area (Å²) < 4.78 is 5.61. The van der Waals surface area contributed by atoms with Crippen LogP contribution in [0.3, 0.4) is 0 Å². The maximum atomic E-state index is 5.61. The van der Waals surface area contributed by atoms with E-state index in [4.69, 9.17) is 4.74 Å². The molecule has 0 aromatic heterocycles. The lowest BCUT2D eigenvalue weighted by molar-refractivity contribution is 0.201. The molecular weight excluding hydrogens is 198 g/mol. The van der Waals surface area contributed by atoms with Crippen LogP contribution in [0.25, 0.3) is 0 Å². The minimum Gasteiger partial charge on any atom is -0.494 e. The molecule has 0 bridgehead atoms. The van der Waals surface area contributed by atoms with E-state index in [1.54, 1.807) is 0 Å². The van der Waals surface area contributed by atoms with Gasteiger partial charge in [0.1, 0.15) is 5.76 Å². The molecule has 1 N–H and O–H groups in total. The summed E-state index contributed by atoms with van der Waals surface area (Å²) >= 11 is 0. The van der Waals surface area contributed by atoms with Crippen LogP contribution in [0, 0.1) is 5.92 Å². The maximum absolute atomic E-state index is 5.61. The SMILES string of the molecule is C/C(=C/CCNCC(C)C)C1=CCCCO1. The van der Waals surface area contributed by atoms with Crippen molar-refractivity contribution in [1.82, 2.24) is 5.32 Å². The first kappa shape index (κ1) is 13.3. The fourth-order valence-corrected chi connectivity index (χ4v) is 1.71. The molecule has 1 aliphatic rings. The van der Waals surface area contributed by atoms with Gasteiger partial charge in [0.05, 0.1) is 6.61 Å². The van der Waals surface area contributed by atoms with Crippen molar-refractivity contribution in [2.45, 2.75) is 40.0 Å². The van der Waals surface area contributed by atoms with Gasteiger partial charge in [-0.2, -0.15) is 0 Å². The van der Waals surface area contributed by atoms with Crippen LogP contribution in [0.15, 0.2) is 23.5 Å². The third kappa shape index (κ3) is 5.36. The van der Waals surface area contributed by atoms with Gasteiger partial charge in [-0.25, -0.2) is 0 Å². The van der Waals surface area contributed by atoms with Gasteiger partial charge >= 0.3 is 0 Å². The van der Waals surface area contributed by atoms with Gasteiger partial charge in [0.15, 0.2) is 0 Å². The molecule has 0 spiro atoms. The van der Waals surface area contributed by atoms with Crippen LogP contribution in [0.1, 0.15) is 40.0 Å². The predicted molar refractivity (Wildman–Crippen MR) is 69.4 cm³/mol. The van der Waals surface area contributed by atoms with Crippen LogP contribution in [0.4, 0.5) is 0 Å². The third-order valence-electron chi connectivity index (χ3n) is 2.65. The summed E-state index contributed by atoms with van der Waals surface area (Å²) in [5.41, 5.74) is 1.28. The van der Waals surface area contributed by atoms with E-state index in [2.05, 4.69) is 38.2 Å². The number of hydrogen-bond acceptors (Lipinski definition) is 2. The van der Waals surface area contributed by atoms with E-state index in [1.807, 2.05) is 0 Å². The van der Waals surface area contributed by atoms with Crippen molar-refractivity contribution in [2.75, 3.05) is 19.7 Å². The maximum Gasteiger partial charge on any atom is 0.117 e. The van der Waals surface area contributed by atoms with Crippen LogP contribution < -0.4 is 5.32 Å². The summed E-state index contributed by atoms with van der Waals surface area (Å²) in [5.74, 6) is 1.82. The number of hydrogen-bond donors (Lipinski definition) is 1. The van der Waals surface area contributed by atoms with Crippen molar-refractivity contribution < 1.29 is 4.74 Å². The number of rotatable bonds is 6. The minimum absolute atomic E-state index is 0.731. The Kier molecular flexibility index (Phi) is 6.24. The Bertz CT molecular complexity index is 253. The van der Waals surface area contributed by atoms with Gasteiger partial charge in [-0.05, 0) is 56.8 Å². The highest BCUT2D eigenvalue weighted by molar-refractivity contribution is 5.24. The first-order chi connectivity index (χ1) is 7.70. The molecule has 16 heavy (non-hydrogen) atoms. The molecule has 0 fully saturated rings. The van der Waals surface area contributed by atoms with Gasteiger partial charge in [0.25, 0.3) is 0 Å². The molecule has 0 atom stereocenters. The number of allylic oxidation sites excluding steroid dienone is 2. The molecule has 0 saturated carbocycles. The Morgan fingerprint density at radius 2 is 2.38 bits per heavy atom. The van der Waals surface area contributed by atoms with Crippen molar-refractivity contribution in [1.29, 1.82) is 0 Å². The normalized spacial score (nSPS) is 17.2. The Balaban J connectivity index is 2.20. The second-order valence-electron chi connectivity index (χ2n) is 4.83.